The van der Waals surface area contributed by atoms with Crippen molar-refractivity contribution in [2.45, 2.75) is 33.9 Å². The lowest BCUT2D eigenvalue weighted by Crippen LogP contribution is -2.23. The van der Waals surface area contributed by atoms with Crippen molar-refractivity contribution >= 4 is 0 Å². The van der Waals surface area contributed by atoms with Gasteiger partial charge in [-0.1, -0.05) is 12.1 Å². The molecule has 0 spiro atoms. The van der Waals surface area contributed by atoms with Gasteiger partial charge in [-0.25, -0.2) is 4.68 Å². The Balaban J connectivity index is 1.66. The molecule has 0 aliphatic carbocycles. The maximum Gasteiger partial charge on any atom is 0.129 e. The number of rotatable bonds is 6. The van der Waals surface area contributed by atoms with E-state index in [1.165, 1.54) is 5.56 Å². The van der Waals surface area contributed by atoms with E-state index in [1.54, 1.807) is 6.33 Å². The first-order valence-electron chi connectivity index (χ1n) is 8.18. The minimum absolute atomic E-state index is 0.895. The van der Waals surface area contributed by atoms with E-state index in [4.69, 9.17) is 0 Å². The van der Waals surface area contributed by atoms with Crippen LogP contribution in [0.5, 0.6) is 0 Å². The molecule has 0 atom stereocenters. The summed E-state index contributed by atoms with van der Waals surface area (Å²) >= 11 is 0. The molecule has 24 heavy (non-hydrogen) atoms. The van der Waals surface area contributed by atoms with Crippen LogP contribution in [0.3, 0.4) is 0 Å². The number of likely N-dealkylation sites (N-methyl/N-ethyl adjacent to an activating group) is 1. The van der Waals surface area contributed by atoms with Gasteiger partial charge in [-0.3, -0.25) is 0 Å². The molecule has 0 fully saturated rings. The van der Waals surface area contributed by atoms with Gasteiger partial charge >= 0.3 is 0 Å². The number of aryl methyl sites for hydroxylation is 3. The molecule has 0 bridgehead atoms. The van der Waals surface area contributed by atoms with Gasteiger partial charge in [0.1, 0.15) is 12.2 Å². The highest BCUT2D eigenvalue weighted by atomic mass is 15.3. The van der Waals surface area contributed by atoms with Gasteiger partial charge in [0.25, 0.3) is 0 Å². The molecule has 0 saturated heterocycles. The van der Waals surface area contributed by atoms with Gasteiger partial charge in [0, 0.05) is 25.3 Å². The van der Waals surface area contributed by atoms with E-state index < -0.39 is 0 Å². The molecule has 0 aliphatic rings. The van der Waals surface area contributed by atoms with E-state index in [2.05, 4.69) is 69.1 Å². The minimum Gasteiger partial charge on any atom is -0.317 e. The average Bonchev–Trinajstić information content (AvgIpc) is 3.10. The van der Waals surface area contributed by atoms with Gasteiger partial charge in [0.15, 0.2) is 0 Å². The predicted octanol–water partition coefficient (Wildman–Crippen LogP) is 2.52. The second-order valence-corrected chi connectivity index (χ2v) is 6.32. The Morgan fingerprint density at radius 3 is 2.62 bits per heavy atom. The molecule has 0 radical (unpaired) electrons. The fourth-order valence-corrected chi connectivity index (χ4v) is 2.88. The fraction of sp³-hybridized carbons (Fsp3) is 0.389. The molecular formula is C18H24N6. The Bertz CT molecular complexity index is 817. The van der Waals surface area contributed by atoms with Crippen LogP contribution in [0.4, 0.5) is 0 Å². The smallest absolute Gasteiger partial charge is 0.129 e. The van der Waals surface area contributed by atoms with Gasteiger partial charge < -0.3 is 9.47 Å². The summed E-state index contributed by atoms with van der Waals surface area (Å²) in [7, 11) is 2.13. The maximum atomic E-state index is 4.57. The van der Waals surface area contributed by atoms with Crippen molar-refractivity contribution < 1.29 is 0 Å². The molecular weight excluding hydrogens is 300 g/mol. The summed E-state index contributed by atoms with van der Waals surface area (Å²) in [6.45, 7) is 8.82. The van der Waals surface area contributed by atoms with E-state index in [0.29, 0.717) is 0 Å². The van der Waals surface area contributed by atoms with Crippen LogP contribution in [0.1, 0.15) is 22.8 Å². The monoisotopic (exact) mass is 324 g/mol. The second kappa shape index (κ2) is 6.97. The molecule has 1 aromatic carbocycles. The van der Waals surface area contributed by atoms with Crippen molar-refractivity contribution in [3.05, 3.63) is 59.4 Å². The Morgan fingerprint density at radius 1 is 1.12 bits per heavy atom. The molecule has 6 heteroatoms. The zero-order chi connectivity index (χ0) is 17.1. The lowest BCUT2D eigenvalue weighted by atomic mass is 10.2. The van der Waals surface area contributed by atoms with Crippen molar-refractivity contribution in [3.63, 3.8) is 0 Å². The number of nitrogens with zero attached hydrogens (tertiary/aromatic N) is 6. The Labute approximate surface area is 142 Å². The summed E-state index contributed by atoms with van der Waals surface area (Å²) in [5.41, 5.74) is 4.59. The van der Waals surface area contributed by atoms with Crippen molar-refractivity contribution in [1.29, 1.82) is 0 Å². The molecule has 126 valence electrons. The standard InChI is InChI=1S/C18H24N6/c1-14-10-15(2)24(21-14)18-7-5-6-17(11-18)12-22(4)8-9-23-13-19-20-16(23)3/h5-7,10-11,13H,8-9,12H2,1-4H3. The first kappa shape index (κ1) is 16.4. The first-order valence-corrected chi connectivity index (χ1v) is 8.18. The number of hydrogen-bond donors (Lipinski definition) is 0. The van der Waals surface area contributed by atoms with Crippen LogP contribution in [0.25, 0.3) is 5.69 Å². The SMILES string of the molecule is Cc1cc(C)n(-c2cccc(CN(C)CCn3cnnc3C)c2)n1. The molecule has 0 aliphatic heterocycles. The maximum absolute atomic E-state index is 4.57. The van der Waals surface area contributed by atoms with E-state index in [9.17, 15) is 0 Å². The predicted molar refractivity (Wildman–Crippen MR) is 94.1 cm³/mol. The van der Waals surface area contributed by atoms with Crippen molar-refractivity contribution in [2.24, 2.45) is 0 Å². The highest BCUT2D eigenvalue weighted by Crippen LogP contribution is 2.15. The molecule has 2 aromatic heterocycles. The molecule has 2 heterocycles. The number of benzene rings is 1. The minimum atomic E-state index is 0.895. The summed E-state index contributed by atoms with van der Waals surface area (Å²) in [6, 6.07) is 10.7. The van der Waals surface area contributed by atoms with E-state index in [1.807, 2.05) is 18.5 Å². The lowest BCUT2D eigenvalue weighted by Gasteiger charge is -2.18. The van der Waals surface area contributed by atoms with Crippen LogP contribution < -0.4 is 0 Å². The highest BCUT2D eigenvalue weighted by molar-refractivity contribution is 5.37. The van der Waals surface area contributed by atoms with Crippen molar-refractivity contribution in [2.75, 3.05) is 13.6 Å². The molecule has 0 amide bonds. The summed E-state index contributed by atoms with van der Waals surface area (Å²) in [4.78, 5) is 2.31. The summed E-state index contributed by atoms with van der Waals surface area (Å²) in [5.74, 6) is 0.954. The zero-order valence-electron chi connectivity index (χ0n) is 14.8. The van der Waals surface area contributed by atoms with Crippen molar-refractivity contribution in [1.82, 2.24) is 29.4 Å². The first-order chi connectivity index (χ1) is 11.5. The highest BCUT2D eigenvalue weighted by Gasteiger charge is 2.07. The van der Waals surface area contributed by atoms with Crippen LogP contribution in [0, 0.1) is 20.8 Å². The molecule has 6 nitrogen and oxygen atoms in total. The normalized spacial score (nSPS) is 11.4. The van der Waals surface area contributed by atoms with Gasteiger partial charge in [-0.2, -0.15) is 5.10 Å². The van der Waals surface area contributed by atoms with E-state index >= 15 is 0 Å². The van der Waals surface area contributed by atoms with Crippen LogP contribution in [-0.4, -0.2) is 43.0 Å². The molecule has 3 rings (SSSR count). The van der Waals surface area contributed by atoms with Gasteiger partial charge in [0.2, 0.25) is 0 Å². The molecule has 0 unspecified atom stereocenters. The van der Waals surface area contributed by atoms with Gasteiger partial charge in [-0.15, -0.1) is 10.2 Å². The Hall–Kier alpha value is -2.47. The van der Waals surface area contributed by atoms with Crippen LogP contribution >= 0.6 is 0 Å². The number of aromatic nitrogens is 5. The number of hydrogen-bond acceptors (Lipinski definition) is 4. The fourth-order valence-electron chi connectivity index (χ4n) is 2.88. The summed E-state index contributed by atoms with van der Waals surface area (Å²) in [5, 5.41) is 12.5. The second-order valence-electron chi connectivity index (χ2n) is 6.32. The zero-order valence-corrected chi connectivity index (χ0v) is 14.8. The van der Waals surface area contributed by atoms with Crippen LogP contribution in [0.2, 0.25) is 0 Å². The Kier molecular flexibility index (Phi) is 4.76. The largest absolute Gasteiger partial charge is 0.317 e. The molecule has 0 N–H and O–H groups in total. The van der Waals surface area contributed by atoms with E-state index in [0.717, 1.165) is 42.5 Å². The Morgan fingerprint density at radius 2 is 1.96 bits per heavy atom. The van der Waals surface area contributed by atoms with Gasteiger partial charge in [-0.05, 0) is 51.6 Å². The van der Waals surface area contributed by atoms with Gasteiger partial charge in [0.05, 0.1) is 11.4 Å². The van der Waals surface area contributed by atoms with Crippen LogP contribution in [0.15, 0.2) is 36.7 Å². The third kappa shape index (κ3) is 3.71. The summed E-state index contributed by atoms with van der Waals surface area (Å²) in [6.07, 6.45) is 1.78. The lowest BCUT2D eigenvalue weighted by molar-refractivity contribution is 0.310. The quantitative estimate of drug-likeness (QED) is 0.699. The van der Waals surface area contributed by atoms with E-state index in [-0.39, 0.29) is 0 Å². The molecule has 3 aromatic rings. The molecule has 0 saturated carbocycles. The average molecular weight is 324 g/mol. The third-order valence-corrected chi connectivity index (χ3v) is 4.15. The van der Waals surface area contributed by atoms with Crippen molar-refractivity contribution in [3.8, 4) is 5.69 Å². The summed E-state index contributed by atoms with van der Waals surface area (Å²) < 4.78 is 4.07. The topological polar surface area (TPSA) is 51.8 Å². The third-order valence-electron chi connectivity index (χ3n) is 4.15. The van der Waals surface area contributed by atoms with Crippen LogP contribution in [-0.2, 0) is 13.1 Å².